The molecule has 1 N–H and O–H groups in total. The summed E-state index contributed by atoms with van der Waals surface area (Å²) in [6.45, 7) is 4.80. The topological polar surface area (TPSA) is 79.0 Å². The van der Waals surface area contributed by atoms with Crippen LogP contribution >= 0.6 is 0 Å². The van der Waals surface area contributed by atoms with Gasteiger partial charge in [-0.3, -0.25) is 14.4 Å². The summed E-state index contributed by atoms with van der Waals surface area (Å²) in [6, 6.07) is 11.3. The van der Waals surface area contributed by atoms with E-state index in [1.807, 2.05) is 50.2 Å². The number of methoxy groups -OCH3 is 1. The van der Waals surface area contributed by atoms with Crippen LogP contribution in [0.4, 0.5) is 17.1 Å². The van der Waals surface area contributed by atoms with Gasteiger partial charge in [-0.1, -0.05) is 13.0 Å². The third kappa shape index (κ3) is 4.00. The maximum absolute atomic E-state index is 12.9. The molecule has 2 aliphatic heterocycles. The zero-order valence-electron chi connectivity index (χ0n) is 18.1. The molecule has 0 aliphatic carbocycles. The Morgan fingerprint density at radius 2 is 2.00 bits per heavy atom. The molecule has 1 unspecified atom stereocenters. The molecule has 7 heteroatoms. The second-order valence-electron chi connectivity index (χ2n) is 8.06. The third-order valence-electron chi connectivity index (χ3n) is 5.98. The number of carbonyl (C=O) groups is 3. The number of hydrogen-bond acceptors (Lipinski definition) is 4. The quantitative estimate of drug-likeness (QED) is 0.804. The highest BCUT2D eigenvalue weighted by molar-refractivity contribution is 6.04. The predicted molar refractivity (Wildman–Crippen MR) is 120 cm³/mol. The number of hydrogen-bond donors (Lipinski definition) is 1. The Morgan fingerprint density at radius 3 is 2.74 bits per heavy atom. The molecular formula is C24H27N3O4. The maximum atomic E-state index is 12.9. The molecule has 1 saturated heterocycles. The first-order valence-corrected chi connectivity index (χ1v) is 10.6. The molecular weight excluding hydrogens is 394 g/mol. The van der Waals surface area contributed by atoms with E-state index in [9.17, 15) is 14.4 Å². The second-order valence-corrected chi connectivity index (χ2v) is 8.06. The van der Waals surface area contributed by atoms with Gasteiger partial charge in [0.2, 0.25) is 17.7 Å². The Kier molecular flexibility index (Phi) is 5.67. The Morgan fingerprint density at radius 1 is 1.19 bits per heavy atom. The van der Waals surface area contributed by atoms with Gasteiger partial charge in [-0.25, -0.2) is 0 Å². The Balaban J connectivity index is 1.48. The molecule has 1 atom stereocenters. The highest BCUT2D eigenvalue weighted by Gasteiger charge is 2.36. The van der Waals surface area contributed by atoms with Crippen molar-refractivity contribution in [1.82, 2.24) is 0 Å². The minimum atomic E-state index is -0.441. The fourth-order valence-electron chi connectivity index (χ4n) is 4.29. The highest BCUT2D eigenvalue weighted by atomic mass is 16.5. The lowest BCUT2D eigenvalue weighted by Crippen LogP contribution is -2.28. The summed E-state index contributed by atoms with van der Waals surface area (Å²) in [5.41, 5.74) is 4.37. The Hall–Kier alpha value is -3.35. The van der Waals surface area contributed by atoms with Gasteiger partial charge in [0.05, 0.1) is 18.7 Å². The maximum Gasteiger partial charge on any atom is 0.229 e. The molecule has 0 saturated carbocycles. The van der Waals surface area contributed by atoms with Crippen molar-refractivity contribution in [3.05, 3.63) is 47.5 Å². The second kappa shape index (κ2) is 8.41. The molecule has 162 valence electrons. The molecule has 4 rings (SSSR count). The monoisotopic (exact) mass is 421 g/mol. The number of benzene rings is 2. The van der Waals surface area contributed by atoms with E-state index in [1.54, 1.807) is 16.9 Å². The Bertz CT molecular complexity index is 1050. The molecule has 2 aromatic rings. The lowest BCUT2D eigenvalue weighted by atomic mass is 10.1. The van der Waals surface area contributed by atoms with Crippen molar-refractivity contribution in [1.29, 1.82) is 0 Å². The summed E-state index contributed by atoms with van der Waals surface area (Å²) in [7, 11) is 1.56. The van der Waals surface area contributed by atoms with Crippen LogP contribution in [0.25, 0.3) is 0 Å². The first-order chi connectivity index (χ1) is 14.9. The van der Waals surface area contributed by atoms with E-state index in [0.717, 1.165) is 28.9 Å². The van der Waals surface area contributed by atoms with Crippen molar-refractivity contribution in [3.8, 4) is 5.75 Å². The predicted octanol–water partition coefficient (Wildman–Crippen LogP) is 3.29. The van der Waals surface area contributed by atoms with E-state index in [-0.39, 0.29) is 24.1 Å². The van der Waals surface area contributed by atoms with Gasteiger partial charge in [-0.05, 0) is 54.8 Å². The van der Waals surface area contributed by atoms with Gasteiger partial charge < -0.3 is 19.9 Å². The summed E-state index contributed by atoms with van der Waals surface area (Å²) in [6.07, 6.45) is 1.40. The van der Waals surface area contributed by atoms with Crippen molar-refractivity contribution in [2.24, 2.45) is 5.92 Å². The zero-order chi connectivity index (χ0) is 22.1. The van der Waals surface area contributed by atoms with Crippen LogP contribution in [0.15, 0.2) is 36.4 Å². The molecule has 3 amide bonds. The number of nitrogens with one attached hydrogen (secondary N) is 1. The summed E-state index contributed by atoms with van der Waals surface area (Å²) in [5.74, 6) is -0.0162. The van der Waals surface area contributed by atoms with Crippen LogP contribution in [0.5, 0.6) is 5.75 Å². The van der Waals surface area contributed by atoms with Crippen molar-refractivity contribution in [3.63, 3.8) is 0 Å². The van der Waals surface area contributed by atoms with Crippen LogP contribution in [0.2, 0.25) is 0 Å². The number of rotatable bonds is 5. The van der Waals surface area contributed by atoms with Crippen LogP contribution in [-0.4, -0.2) is 37.9 Å². The minimum absolute atomic E-state index is 0.0733. The van der Waals surface area contributed by atoms with E-state index in [4.69, 9.17) is 4.74 Å². The van der Waals surface area contributed by atoms with Gasteiger partial charge in [-0.15, -0.1) is 0 Å². The fraction of sp³-hybridized carbons (Fsp3) is 0.375. The average molecular weight is 421 g/mol. The van der Waals surface area contributed by atoms with E-state index in [0.29, 0.717) is 30.9 Å². The molecule has 2 aromatic carbocycles. The smallest absolute Gasteiger partial charge is 0.229 e. The van der Waals surface area contributed by atoms with Crippen molar-refractivity contribution >= 4 is 34.8 Å². The standard InChI is InChI=1S/C24H27N3O4/c1-4-22(28)26-10-9-16-12-18(6-7-20(16)26)27-14-17(13-23(27)29)24(30)25-19-11-15(2)5-8-21(19)31-3/h5-8,11-12,17H,4,9-10,13-14H2,1-3H3,(H,25,30). The minimum Gasteiger partial charge on any atom is -0.495 e. The van der Waals surface area contributed by atoms with Crippen LogP contribution in [0.1, 0.15) is 30.9 Å². The number of anilines is 3. The van der Waals surface area contributed by atoms with Gasteiger partial charge in [0, 0.05) is 37.3 Å². The summed E-state index contributed by atoms with van der Waals surface area (Å²) < 4.78 is 5.33. The van der Waals surface area contributed by atoms with Crippen molar-refractivity contribution in [2.75, 3.05) is 35.3 Å². The largest absolute Gasteiger partial charge is 0.495 e. The molecule has 0 bridgehead atoms. The van der Waals surface area contributed by atoms with Crippen LogP contribution < -0.4 is 19.9 Å². The molecule has 0 spiro atoms. The van der Waals surface area contributed by atoms with Gasteiger partial charge in [0.25, 0.3) is 0 Å². The molecule has 1 fully saturated rings. The van der Waals surface area contributed by atoms with Crippen LogP contribution in [0.3, 0.4) is 0 Å². The summed E-state index contributed by atoms with van der Waals surface area (Å²) >= 11 is 0. The number of nitrogens with zero attached hydrogens (tertiary/aromatic N) is 2. The molecule has 0 radical (unpaired) electrons. The first kappa shape index (κ1) is 20.9. The van der Waals surface area contributed by atoms with Crippen molar-refractivity contribution in [2.45, 2.75) is 33.1 Å². The normalized spacial score (nSPS) is 17.6. The van der Waals surface area contributed by atoms with Gasteiger partial charge in [0.15, 0.2) is 0 Å². The van der Waals surface area contributed by atoms with Crippen molar-refractivity contribution < 1.29 is 19.1 Å². The lowest BCUT2D eigenvalue weighted by molar-refractivity contribution is -0.122. The zero-order valence-corrected chi connectivity index (χ0v) is 18.1. The molecule has 2 heterocycles. The van der Waals surface area contributed by atoms with E-state index in [1.165, 1.54) is 0 Å². The number of ether oxygens (including phenoxy) is 1. The number of amides is 3. The number of carbonyl (C=O) groups excluding carboxylic acids is 3. The average Bonchev–Trinajstić information content (AvgIpc) is 3.36. The molecule has 31 heavy (non-hydrogen) atoms. The Labute approximate surface area is 182 Å². The third-order valence-corrected chi connectivity index (χ3v) is 5.98. The molecule has 2 aliphatic rings. The fourth-order valence-corrected chi connectivity index (χ4v) is 4.29. The summed E-state index contributed by atoms with van der Waals surface area (Å²) in [4.78, 5) is 41.1. The lowest BCUT2D eigenvalue weighted by Gasteiger charge is -2.20. The van der Waals surface area contributed by atoms with Gasteiger partial charge in [0.1, 0.15) is 5.75 Å². The molecule has 7 nitrogen and oxygen atoms in total. The van der Waals surface area contributed by atoms with Crippen LogP contribution in [-0.2, 0) is 20.8 Å². The molecule has 0 aromatic heterocycles. The van der Waals surface area contributed by atoms with Gasteiger partial charge >= 0.3 is 0 Å². The van der Waals surface area contributed by atoms with E-state index in [2.05, 4.69) is 5.32 Å². The van der Waals surface area contributed by atoms with Crippen LogP contribution in [0, 0.1) is 12.8 Å². The number of fused-ring (bicyclic) bond motifs is 1. The SMILES string of the molecule is CCC(=O)N1CCc2cc(N3CC(C(=O)Nc4cc(C)ccc4OC)CC3=O)ccc21. The van der Waals surface area contributed by atoms with E-state index < -0.39 is 5.92 Å². The van der Waals surface area contributed by atoms with E-state index >= 15 is 0 Å². The van der Waals surface area contributed by atoms with Gasteiger partial charge in [-0.2, -0.15) is 0 Å². The first-order valence-electron chi connectivity index (χ1n) is 10.6. The number of aryl methyl sites for hydroxylation is 1. The highest BCUT2D eigenvalue weighted by Crippen LogP contribution is 2.35. The summed E-state index contributed by atoms with van der Waals surface area (Å²) in [5, 5.41) is 2.92.